The molecule has 0 aliphatic carbocycles. The highest BCUT2D eigenvalue weighted by Crippen LogP contribution is 2.35. The summed E-state index contributed by atoms with van der Waals surface area (Å²) in [6.07, 6.45) is 0.420. The van der Waals surface area contributed by atoms with Crippen molar-refractivity contribution >= 4 is 27.5 Å². The molecule has 4 aromatic rings. The Morgan fingerprint density at radius 3 is 2.61 bits per heavy atom. The van der Waals surface area contributed by atoms with E-state index in [0.717, 1.165) is 26.4 Å². The number of hydrogen-bond acceptors (Lipinski definition) is 4. The summed E-state index contributed by atoms with van der Waals surface area (Å²) in [6.45, 7) is 4.05. The predicted molar refractivity (Wildman–Crippen MR) is 113 cm³/mol. The average molecular weight is 389 g/mol. The standard InChI is InChI=1S/C22H19N3O2S/c1-12-6-8-15(9-7-12)18-13(2)28-22-19(18)21(27)24-17(25-22)11-14-4-3-5-16(10-14)20(23)26/h3-10H,11H2,1-2H3,(H2,23,26)(H,24,25,27). The Morgan fingerprint density at radius 2 is 1.89 bits per heavy atom. The number of aryl methyl sites for hydroxylation is 2. The van der Waals surface area contributed by atoms with Crippen molar-refractivity contribution in [2.45, 2.75) is 20.3 Å². The normalized spacial score (nSPS) is 11.1. The van der Waals surface area contributed by atoms with E-state index in [-0.39, 0.29) is 5.56 Å². The molecule has 0 fully saturated rings. The number of nitrogens with zero attached hydrogens (tertiary/aromatic N) is 1. The van der Waals surface area contributed by atoms with Crippen LogP contribution in [-0.2, 0) is 6.42 Å². The van der Waals surface area contributed by atoms with E-state index in [1.54, 1.807) is 18.2 Å². The van der Waals surface area contributed by atoms with E-state index >= 15 is 0 Å². The predicted octanol–water partition coefficient (Wildman–Crippen LogP) is 3.96. The summed E-state index contributed by atoms with van der Waals surface area (Å²) in [7, 11) is 0. The summed E-state index contributed by atoms with van der Waals surface area (Å²) in [6, 6.07) is 15.2. The van der Waals surface area contributed by atoms with Gasteiger partial charge in [-0.15, -0.1) is 11.3 Å². The molecule has 0 bridgehead atoms. The molecule has 3 N–H and O–H groups in total. The molecule has 0 spiro atoms. The molecular formula is C22H19N3O2S. The van der Waals surface area contributed by atoms with E-state index in [2.05, 4.69) is 9.97 Å². The van der Waals surface area contributed by atoms with E-state index in [0.29, 0.717) is 23.2 Å². The van der Waals surface area contributed by atoms with Gasteiger partial charge in [-0.05, 0) is 37.1 Å². The highest BCUT2D eigenvalue weighted by atomic mass is 32.1. The second kappa shape index (κ2) is 7.05. The minimum atomic E-state index is -0.477. The van der Waals surface area contributed by atoms with Crippen molar-refractivity contribution in [2.24, 2.45) is 5.73 Å². The van der Waals surface area contributed by atoms with Gasteiger partial charge in [0.25, 0.3) is 5.56 Å². The summed E-state index contributed by atoms with van der Waals surface area (Å²) in [4.78, 5) is 33.6. The maximum atomic E-state index is 12.9. The number of carbonyl (C=O) groups excluding carboxylic acids is 1. The molecule has 140 valence electrons. The van der Waals surface area contributed by atoms with Crippen molar-refractivity contribution in [1.29, 1.82) is 0 Å². The Hall–Kier alpha value is -3.25. The van der Waals surface area contributed by atoms with Crippen LogP contribution in [0.3, 0.4) is 0 Å². The number of nitrogens with one attached hydrogen (secondary N) is 1. The number of aromatic nitrogens is 2. The molecule has 1 amide bonds. The van der Waals surface area contributed by atoms with Crippen molar-refractivity contribution in [3.8, 4) is 11.1 Å². The molecule has 0 unspecified atom stereocenters. The molecule has 0 saturated carbocycles. The fourth-order valence-electron chi connectivity index (χ4n) is 3.34. The van der Waals surface area contributed by atoms with Gasteiger partial charge in [0.15, 0.2) is 0 Å². The molecule has 0 atom stereocenters. The van der Waals surface area contributed by atoms with Gasteiger partial charge in [-0.2, -0.15) is 0 Å². The molecular weight excluding hydrogens is 370 g/mol. The third kappa shape index (κ3) is 3.34. The lowest BCUT2D eigenvalue weighted by Crippen LogP contribution is -2.13. The van der Waals surface area contributed by atoms with Crippen molar-refractivity contribution < 1.29 is 4.79 Å². The van der Waals surface area contributed by atoms with E-state index in [4.69, 9.17) is 5.73 Å². The van der Waals surface area contributed by atoms with E-state index < -0.39 is 5.91 Å². The topological polar surface area (TPSA) is 88.8 Å². The Kier molecular flexibility index (Phi) is 4.57. The third-order valence-electron chi connectivity index (χ3n) is 4.71. The van der Waals surface area contributed by atoms with E-state index in [1.165, 1.54) is 16.9 Å². The fourth-order valence-corrected chi connectivity index (χ4v) is 4.41. The first-order valence-corrected chi connectivity index (χ1v) is 9.72. The van der Waals surface area contributed by atoms with Gasteiger partial charge in [0, 0.05) is 22.4 Å². The third-order valence-corrected chi connectivity index (χ3v) is 5.71. The highest BCUT2D eigenvalue weighted by molar-refractivity contribution is 7.19. The molecule has 0 saturated heterocycles. The fraction of sp³-hybridized carbons (Fsp3) is 0.136. The van der Waals surface area contributed by atoms with Crippen LogP contribution in [0.5, 0.6) is 0 Å². The molecule has 6 heteroatoms. The Morgan fingerprint density at radius 1 is 1.14 bits per heavy atom. The van der Waals surface area contributed by atoms with Crippen LogP contribution in [0.25, 0.3) is 21.3 Å². The van der Waals surface area contributed by atoms with Crippen LogP contribution >= 0.6 is 11.3 Å². The van der Waals surface area contributed by atoms with Gasteiger partial charge in [-0.3, -0.25) is 9.59 Å². The number of rotatable bonds is 4. The lowest BCUT2D eigenvalue weighted by atomic mass is 10.0. The van der Waals surface area contributed by atoms with E-state index in [9.17, 15) is 9.59 Å². The molecule has 4 rings (SSSR count). The van der Waals surface area contributed by atoms with Crippen LogP contribution in [0.15, 0.2) is 53.3 Å². The first kappa shape index (κ1) is 18.1. The molecule has 2 aromatic heterocycles. The van der Waals surface area contributed by atoms with Crippen LogP contribution in [0, 0.1) is 13.8 Å². The van der Waals surface area contributed by atoms with Gasteiger partial charge < -0.3 is 10.7 Å². The van der Waals surface area contributed by atoms with Gasteiger partial charge in [0.05, 0.1) is 5.39 Å². The Labute approximate surface area is 165 Å². The van der Waals surface area contributed by atoms with Gasteiger partial charge >= 0.3 is 0 Å². The largest absolute Gasteiger partial charge is 0.366 e. The molecule has 0 aliphatic heterocycles. The summed E-state index contributed by atoms with van der Waals surface area (Å²) < 4.78 is 0. The van der Waals surface area contributed by atoms with Crippen molar-refractivity contribution in [1.82, 2.24) is 9.97 Å². The number of benzene rings is 2. The van der Waals surface area contributed by atoms with Gasteiger partial charge in [0.1, 0.15) is 10.7 Å². The number of carbonyl (C=O) groups is 1. The number of amides is 1. The first-order valence-electron chi connectivity index (χ1n) is 8.90. The van der Waals surface area contributed by atoms with Gasteiger partial charge in [0.2, 0.25) is 5.91 Å². The lowest BCUT2D eigenvalue weighted by Gasteiger charge is -2.05. The monoisotopic (exact) mass is 389 g/mol. The number of hydrogen-bond donors (Lipinski definition) is 2. The summed E-state index contributed by atoms with van der Waals surface area (Å²) in [5.41, 5.74) is 9.64. The summed E-state index contributed by atoms with van der Waals surface area (Å²) >= 11 is 1.52. The zero-order valence-corrected chi connectivity index (χ0v) is 16.4. The number of aromatic amines is 1. The SMILES string of the molecule is Cc1ccc(-c2c(C)sc3nc(Cc4cccc(C(N)=O)c4)[nH]c(=O)c23)cc1. The minimum absolute atomic E-state index is 0.147. The summed E-state index contributed by atoms with van der Waals surface area (Å²) in [5, 5.41) is 0.626. The maximum absolute atomic E-state index is 12.9. The molecule has 0 aliphatic rings. The maximum Gasteiger partial charge on any atom is 0.260 e. The Balaban J connectivity index is 1.78. The van der Waals surface area contributed by atoms with Crippen LogP contribution in [0.1, 0.15) is 32.2 Å². The van der Waals surface area contributed by atoms with Crippen LogP contribution in [-0.4, -0.2) is 15.9 Å². The lowest BCUT2D eigenvalue weighted by molar-refractivity contribution is 0.1000. The first-order chi connectivity index (χ1) is 13.4. The number of H-pyrrole nitrogens is 1. The second-order valence-corrected chi connectivity index (χ2v) is 8.04. The van der Waals surface area contributed by atoms with Crippen LogP contribution in [0.4, 0.5) is 0 Å². The summed E-state index contributed by atoms with van der Waals surface area (Å²) in [5.74, 6) is 0.0891. The molecule has 5 nitrogen and oxygen atoms in total. The van der Waals surface area contributed by atoms with Crippen molar-refractivity contribution in [2.75, 3.05) is 0 Å². The zero-order chi connectivity index (χ0) is 19.8. The molecule has 2 aromatic carbocycles. The Bertz CT molecular complexity index is 1250. The average Bonchev–Trinajstić information content (AvgIpc) is 2.99. The zero-order valence-electron chi connectivity index (χ0n) is 15.6. The van der Waals surface area contributed by atoms with E-state index in [1.807, 2.05) is 44.2 Å². The molecule has 28 heavy (non-hydrogen) atoms. The van der Waals surface area contributed by atoms with Gasteiger partial charge in [-0.1, -0.05) is 42.0 Å². The smallest absolute Gasteiger partial charge is 0.260 e. The second-order valence-electron chi connectivity index (χ2n) is 6.83. The highest BCUT2D eigenvalue weighted by Gasteiger charge is 2.17. The number of nitrogens with two attached hydrogens (primary N) is 1. The van der Waals surface area contributed by atoms with Gasteiger partial charge in [-0.25, -0.2) is 4.98 Å². The molecule has 0 radical (unpaired) electrons. The number of fused-ring (bicyclic) bond motifs is 1. The number of primary amides is 1. The van der Waals surface area contributed by atoms with Crippen molar-refractivity contribution in [3.05, 3.63) is 86.3 Å². The minimum Gasteiger partial charge on any atom is -0.366 e. The number of thiophene rings is 1. The molecule has 2 heterocycles. The van der Waals surface area contributed by atoms with Crippen LogP contribution in [0.2, 0.25) is 0 Å². The van der Waals surface area contributed by atoms with Crippen LogP contribution < -0.4 is 11.3 Å². The quantitative estimate of drug-likeness (QED) is 0.554. The van der Waals surface area contributed by atoms with Crippen molar-refractivity contribution in [3.63, 3.8) is 0 Å².